The minimum atomic E-state index is -0.205. The van der Waals surface area contributed by atoms with Crippen molar-refractivity contribution in [2.45, 2.75) is 18.1 Å². The summed E-state index contributed by atoms with van der Waals surface area (Å²) in [6, 6.07) is 17.4. The van der Waals surface area contributed by atoms with Crippen molar-refractivity contribution in [3.8, 4) is 17.2 Å². The van der Waals surface area contributed by atoms with Crippen LogP contribution in [0.1, 0.15) is 6.92 Å². The van der Waals surface area contributed by atoms with Crippen LogP contribution in [0.2, 0.25) is 0 Å². The molecule has 0 aliphatic carbocycles. The van der Waals surface area contributed by atoms with Crippen LogP contribution in [0.15, 0.2) is 72.1 Å². The summed E-state index contributed by atoms with van der Waals surface area (Å²) in [4.78, 5) is 23.6. The van der Waals surface area contributed by atoms with E-state index in [0.29, 0.717) is 31.1 Å². The predicted octanol–water partition coefficient (Wildman–Crippen LogP) is 3.60. The van der Waals surface area contributed by atoms with Gasteiger partial charge in [0.25, 0.3) is 0 Å². The zero-order chi connectivity index (χ0) is 22.6. The first-order valence-corrected chi connectivity index (χ1v) is 11.7. The second-order valence-corrected chi connectivity index (χ2v) is 8.49. The summed E-state index contributed by atoms with van der Waals surface area (Å²) in [6.45, 7) is 3.44. The third-order valence-electron chi connectivity index (χ3n) is 5.39. The van der Waals surface area contributed by atoms with Gasteiger partial charge in [-0.2, -0.15) is 5.10 Å². The molecule has 1 atom stereocenters. The number of amides is 1. The number of aromatic nitrogens is 4. The Morgan fingerprint density at radius 2 is 1.91 bits per heavy atom. The Labute approximate surface area is 195 Å². The van der Waals surface area contributed by atoms with Crippen LogP contribution in [0, 0.1) is 0 Å². The van der Waals surface area contributed by atoms with Gasteiger partial charge in [0.15, 0.2) is 23.3 Å². The molecule has 2 aromatic carbocycles. The molecule has 2 aromatic heterocycles. The molecule has 1 aliphatic rings. The zero-order valence-corrected chi connectivity index (χ0v) is 18.9. The standard InChI is InChI=1S/C24H23N5O3S/c1-2-28(13-18-14-31-20-10-6-7-11-21(20)32-18)22(30)15-33-24-19-12-27-29(23(19)25-16-26-24)17-8-4-3-5-9-17/h3-12,16,18H,2,13-15H2,1H3/t18-/m0/s1. The van der Waals surface area contributed by atoms with Crippen LogP contribution >= 0.6 is 11.8 Å². The van der Waals surface area contributed by atoms with Gasteiger partial charge in [-0.3, -0.25) is 4.79 Å². The molecule has 8 nitrogen and oxygen atoms in total. The molecule has 0 spiro atoms. The van der Waals surface area contributed by atoms with Crippen LogP contribution in [0.3, 0.4) is 0 Å². The molecule has 0 N–H and O–H groups in total. The van der Waals surface area contributed by atoms with E-state index in [-0.39, 0.29) is 17.8 Å². The minimum absolute atomic E-state index is 0.0205. The minimum Gasteiger partial charge on any atom is -0.486 e. The number of ether oxygens (including phenoxy) is 2. The highest BCUT2D eigenvalue weighted by atomic mass is 32.2. The lowest BCUT2D eigenvalue weighted by Crippen LogP contribution is -2.44. The molecule has 0 radical (unpaired) electrons. The number of hydrogen-bond acceptors (Lipinski definition) is 7. The van der Waals surface area contributed by atoms with Gasteiger partial charge in [0, 0.05) is 6.54 Å². The molecule has 3 heterocycles. The molecule has 0 saturated carbocycles. The number of benzene rings is 2. The Morgan fingerprint density at radius 1 is 1.12 bits per heavy atom. The topological polar surface area (TPSA) is 82.4 Å². The first-order chi connectivity index (χ1) is 16.2. The molecule has 0 fully saturated rings. The first kappa shape index (κ1) is 21.3. The fourth-order valence-corrected chi connectivity index (χ4v) is 4.59. The third-order valence-corrected chi connectivity index (χ3v) is 6.38. The van der Waals surface area contributed by atoms with Gasteiger partial charge in [0.2, 0.25) is 5.91 Å². The molecular weight excluding hydrogens is 438 g/mol. The average molecular weight is 462 g/mol. The summed E-state index contributed by atoms with van der Waals surface area (Å²) in [5, 5.41) is 6.03. The Kier molecular flexibility index (Phi) is 6.12. The molecule has 4 aromatic rings. The SMILES string of the molecule is CCN(C[C@H]1COc2ccccc2O1)C(=O)CSc1ncnc2c1cnn2-c1ccccc1. The van der Waals surface area contributed by atoms with Gasteiger partial charge >= 0.3 is 0 Å². The predicted molar refractivity (Wildman–Crippen MR) is 126 cm³/mol. The Morgan fingerprint density at radius 3 is 2.73 bits per heavy atom. The van der Waals surface area contributed by atoms with E-state index in [1.807, 2.05) is 61.5 Å². The highest BCUT2D eigenvalue weighted by Gasteiger charge is 2.25. The van der Waals surface area contributed by atoms with Gasteiger partial charge in [-0.1, -0.05) is 42.1 Å². The average Bonchev–Trinajstić information content (AvgIpc) is 3.31. The number of rotatable bonds is 7. The smallest absolute Gasteiger partial charge is 0.233 e. The summed E-state index contributed by atoms with van der Waals surface area (Å²) >= 11 is 1.39. The van der Waals surface area contributed by atoms with Crippen molar-refractivity contribution < 1.29 is 14.3 Å². The van der Waals surface area contributed by atoms with Crippen molar-refractivity contribution in [3.05, 3.63) is 67.1 Å². The van der Waals surface area contributed by atoms with Crippen LogP contribution in [0.4, 0.5) is 0 Å². The maximum atomic E-state index is 13.0. The Balaban J connectivity index is 1.25. The first-order valence-electron chi connectivity index (χ1n) is 10.8. The lowest BCUT2D eigenvalue weighted by Gasteiger charge is -2.30. The summed E-state index contributed by atoms with van der Waals surface area (Å²) in [7, 11) is 0. The van der Waals surface area contributed by atoms with E-state index in [2.05, 4.69) is 15.1 Å². The summed E-state index contributed by atoms with van der Waals surface area (Å²) in [6.07, 6.45) is 3.05. The number of carbonyl (C=O) groups excluding carboxylic acids is 1. The van der Waals surface area contributed by atoms with Crippen molar-refractivity contribution in [2.75, 3.05) is 25.4 Å². The fraction of sp³-hybridized carbons (Fsp3) is 0.250. The van der Waals surface area contributed by atoms with Gasteiger partial charge in [-0.05, 0) is 31.2 Å². The molecule has 1 amide bonds. The summed E-state index contributed by atoms with van der Waals surface area (Å²) < 4.78 is 13.6. The van der Waals surface area contributed by atoms with Crippen LogP contribution in [0.25, 0.3) is 16.7 Å². The highest BCUT2D eigenvalue weighted by molar-refractivity contribution is 8.00. The number of thioether (sulfide) groups is 1. The maximum absolute atomic E-state index is 13.0. The zero-order valence-electron chi connectivity index (χ0n) is 18.1. The van der Waals surface area contributed by atoms with E-state index in [1.54, 1.807) is 15.8 Å². The Hall–Kier alpha value is -3.59. The van der Waals surface area contributed by atoms with Crippen molar-refractivity contribution in [3.63, 3.8) is 0 Å². The van der Waals surface area contributed by atoms with E-state index in [0.717, 1.165) is 21.8 Å². The largest absolute Gasteiger partial charge is 0.486 e. The lowest BCUT2D eigenvalue weighted by atomic mass is 10.2. The van der Waals surface area contributed by atoms with Crippen LogP contribution in [-0.4, -0.2) is 62.1 Å². The van der Waals surface area contributed by atoms with Gasteiger partial charge in [0.1, 0.15) is 18.0 Å². The van der Waals surface area contributed by atoms with Gasteiger partial charge in [0.05, 0.1) is 29.6 Å². The van der Waals surface area contributed by atoms with Crippen molar-refractivity contribution in [1.82, 2.24) is 24.6 Å². The molecule has 0 saturated heterocycles. The molecule has 5 rings (SSSR count). The van der Waals surface area contributed by atoms with E-state index >= 15 is 0 Å². The molecule has 1 aliphatic heterocycles. The summed E-state index contributed by atoms with van der Waals surface area (Å²) in [5.74, 6) is 1.74. The third kappa shape index (κ3) is 4.49. The van der Waals surface area contributed by atoms with Crippen molar-refractivity contribution >= 4 is 28.7 Å². The number of hydrogen-bond donors (Lipinski definition) is 0. The summed E-state index contributed by atoms with van der Waals surface area (Å²) in [5.41, 5.74) is 1.64. The fourth-order valence-electron chi connectivity index (χ4n) is 3.72. The molecule has 168 valence electrons. The number of carbonyl (C=O) groups is 1. The highest BCUT2D eigenvalue weighted by Crippen LogP contribution is 2.31. The quantitative estimate of drug-likeness (QED) is 0.307. The van der Waals surface area contributed by atoms with Crippen molar-refractivity contribution in [2.24, 2.45) is 0 Å². The van der Waals surface area contributed by atoms with E-state index in [9.17, 15) is 4.79 Å². The normalized spacial score (nSPS) is 14.9. The van der Waals surface area contributed by atoms with Crippen LogP contribution < -0.4 is 9.47 Å². The number of likely N-dealkylation sites (N-methyl/N-ethyl adjacent to an activating group) is 1. The monoisotopic (exact) mass is 461 g/mol. The Bertz CT molecular complexity index is 1260. The number of fused-ring (bicyclic) bond motifs is 2. The second-order valence-electron chi connectivity index (χ2n) is 7.53. The van der Waals surface area contributed by atoms with Gasteiger partial charge in [-0.15, -0.1) is 0 Å². The van der Waals surface area contributed by atoms with Crippen molar-refractivity contribution in [1.29, 1.82) is 0 Å². The van der Waals surface area contributed by atoms with Gasteiger partial charge in [-0.25, -0.2) is 14.6 Å². The number of nitrogens with zero attached hydrogens (tertiary/aromatic N) is 5. The molecular formula is C24H23N5O3S. The molecule has 0 unspecified atom stereocenters. The molecule has 9 heteroatoms. The lowest BCUT2D eigenvalue weighted by molar-refractivity contribution is -0.129. The maximum Gasteiger partial charge on any atom is 0.233 e. The second kappa shape index (κ2) is 9.50. The van der Waals surface area contributed by atoms with Crippen LogP contribution in [0.5, 0.6) is 11.5 Å². The number of para-hydroxylation sites is 3. The van der Waals surface area contributed by atoms with Gasteiger partial charge < -0.3 is 14.4 Å². The van der Waals surface area contributed by atoms with E-state index in [1.165, 1.54) is 18.1 Å². The van der Waals surface area contributed by atoms with Crippen LogP contribution in [-0.2, 0) is 4.79 Å². The molecule has 33 heavy (non-hydrogen) atoms. The molecule has 0 bridgehead atoms. The van der Waals surface area contributed by atoms with E-state index < -0.39 is 0 Å². The van der Waals surface area contributed by atoms with E-state index in [4.69, 9.17) is 9.47 Å².